The van der Waals surface area contributed by atoms with Gasteiger partial charge in [0.05, 0.1) is 5.69 Å². The minimum absolute atomic E-state index is 0.0687. The second kappa shape index (κ2) is 8.55. The van der Waals surface area contributed by atoms with E-state index < -0.39 is 0 Å². The highest BCUT2D eigenvalue weighted by Gasteiger charge is 2.24. The number of rotatable bonds is 4. The zero-order chi connectivity index (χ0) is 18.6. The van der Waals surface area contributed by atoms with Crippen LogP contribution in [0.5, 0.6) is 0 Å². The summed E-state index contributed by atoms with van der Waals surface area (Å²) in [6, 6.07) is 2.13. The van der Waals surface area contributed by atoms with Gasteiger partial charge in [0.1, 0.15) is 0 Å². The van der Waals surface area contributed by atoms with E-state index in [2.05, 4.69) is 15.3 Å². The SMILES string of the molecule is O=C1CCCCC(CN2CCC(Cn3nc4c(cc3=O)CCCC4)CC2)N1. The lowest BCUT2D eigenvalue weighted by Gasteiger charge is -2.34. The largest absolute Gasteiger partial charge is 0.352 e. The molecule has 2 saturated heterocycles. The molecule has 6 nitrogen and oxygen atoms in total. The molecule has 0 aromatic carbocycles. The molecule has 3 heterocycles. The summed E-state index contributed by atoms with van der Waals surface area (Å²) in [5, 5.41) is 7.86. The highest BCUT2D eigenvalue weighted by molar-refractivity contribution is 5.76. The summed E-state index contributed by atoms with van der Waals surface area (Å²) in [5.74, 6) is 0.738. The van der Waals surface area contributed by atoms with Gasteiger partial charge in [0.15, 0.2) is 0 Å². The second-order valence-corrected chi connectivity index (χ2v) is 8.60. The molecule has 148 valence electrons. The maximum Gasteiger partial charge on any atom is 0.267 e. The predicted octanol–water partition coefficient (Wildman–Crippen LogP) is 1.89. The Morgan fingerprint density at radius 3 is 2.59 bits per heavy atom. The average Bonchev–Trinajstić information content (AvgIpc) is 2.87. The van der Waals surface area contributed by atoms with Gasteiger partial charge < -0.3 is 10.2 Å². The van der Waals surface area contributed by atoms with E-state index in [1.165, 1.54) is 18.4 Å². The molecule has 3 aliphatic rings. The Morgan fingerprint density at radius 2 is 1.74 bits per heavy atom. The Kier molecular flexibility index (Phi) is 5.91. The van der Waals surface area contributed by atoms with Gasteiger partial charge in [-0.05, 0) is 75.9 Å². The zero-order valence-corrected chi connectivity index (χ0v) is 16.3. The standard InChI is InChI=1S/C21H32N4O2/c26-20-8-4-2-6-18(22-20)15-24-11-9-16(10-12-24)14-25-21(27)13-17-5-1-3-7-19(17)23-25/h13,16,18H,1-12,14-15H2,(H,22,26). The third-order valence-corrected chi connectivity index (χ3v) is 6.46. The van der Waals surface area contributed by atoms with E-state index in [0.717, 1.165) is 76.8 Å². The number of hydrogen-bond donors (Lipinski definition) is 1. The molecule has 0 radical (unpaired) electrons. The van der Waals surface area contributed by atoms with Gasteiger partial charge in [0.2, 0.25) is 5.91 Å². The fourth-order valence-electron chi connectivity index (χ4n) is 4.82. The van der Waals surface area contributed by atoms with E-state index in [4.69, 9.17) is 0 Å². The number of carbonyl (C=O) groups is 1. The van der Waals surface area contributed by atoms with E-state index >= 15 is 0 Å². The Labute approximate surface area is 161 Å². The fourth-order valence-corrected chi connectivity index (χ4v) is 4.82. The van der Waals surface area contributed by atoms with Gasteiger partial charge in [-0.3, -0.25) is 9.59 Å². The van der Waals surface area contributed by atoms with E-state index in [1.54, 1.807) is 4.68 Å². The Hall–Kier alpha value is -1.69. The van der Waals surface area contributed by atoms with Crippen LogP contribution in [-0.2, 0) is 24.2 Å². The first-order valence-corrected chi connectivity index (χ1v) is 10.8. The van der Waals surface area contributed by atoms with E-state index in [-0.39, 0.29) is 11.5 Å². The zero-order valence-electron chi connectivity index (χ0n) is 16.3. The van der Waals surface area contributed by atoms with Crippen molar-refractivity contribution >= 4 is 5.91 Å². The van der Waals surface area contributed by atoms with Crippen LogP contribution in [0.25, 0.3) is 0 Å². The lowest BCUT2D eigenvalue weighted by molar-refractivity contribution is -0.121. The van der Waals surface area contributed by atoms with Gasteiger partial charge in [-0.2, -0.15) is 5.10 Å². The first-order chi connectivity index (χ1) is 13.2. The van der Waals surface area contributed by atoms with Crippen LogP contribution in [-0.4, -0.2) is 46.3 Å². The molecular formula is C21H32N4O2. The maximum atomic E-state index is 12.4. The summed E-state index contributed by atoms with van der Waals surface area (Å²) in [6.07, 6.45) is 10.5. The maximum absolute atomic E-state index is 12.4. The van der Waals surface area contributed by atoms with Crippen LogP contribution in [0.2, 0.25) is 0 Å². The van der Waals surface area contributed by atoms with Crippen LogP contribution in [0, 0.1) is 5.92 Å². The average molecular weight is 373 g/mol. The molecule has 1 aromatic heterocycles. The lowest BCUT2D eigenvalue weighted by atomic mass is 9.95. The van der Waals surface area contributed by atoms with Crippen molar-refractivity contribution in [2.75, 3.05) is 19.6 Å². The molecule has 0 bridgehead atoms. The molecule has 0 spiro atoms. The first kappa shape index (κ1) is 18.7. The molecule has 0 saturated carbocycles. The number of carbonyl (C=O) groups excluding carboxylic acids is 1. The number of likely N-dealkylation sites (tertiary alicyclic amines) is 1. The van der Waals surface area contributed by atoms with Gasteiger partial charge in [-0.25, -0.2) is 4.68 Å². The fraction of sp³-hybridized carbons (Fsp3) is 0.762. The topological polar surface area (TPSA) is 67.2 Å². The van der Waals surface area contributed by atoms with Crippen LogP contribution in [0.4, 0.5) is 0 Å². The number of aryl methyl sites for hydroxylation is 2. The summed E-state index contributed by atoms with van der Waals surface area (Å²) in [6.45, 7) is 3.82. The second-order valence-electron chi connectivity index (χ2n) is 8.60. The molecule has 27 heavy (non-hydrogen) atoms. The highest BCUT2D eigenvalue weighted by Crippen LogP contribution is 2.21. The van der Waals surface area contributed by atoms with Gasteiger partial charge >= 0.3 is 0 Å². The third kappa shape index (κ3) is 4.78. The normalized spacial score (nSPS) is 24.9. The number of piperidine rings is 1. The van der Waals surface area contributed by atoms with Crippen molar-refractivity contribution in [2.45, 2.75) is 76.8 Å². The van der Waals surface area contributed by atoms with E-state index in [0.29, 0.717) is 18.4 Å². The van der Waals surface area contributed by atoms with Crippen LogP contribution in [0.15, 0.2) is 10.9 Å². The van der Waals surface area contributed by atoms with Crippen molar-refractivity contribution in [3.8, 4) is 0 Å². The predicted molar refractivity (Wildman–Crippen MR) is 105 cm³/mol. The number of hydrogen-bond acceptors (Lipinski definition) is 4. The summed E-state index contributed by atoms with van der Waals surface area (Å²) in [4.78, 5) is 26.6. The van der Waals surface area contributed by atoms with Crippen molar-refractivity contribution in [2.24, 2.45) is 5.92 Å². The van der Waals surface area contributed by atoms with Crippen LogP contribution >= 0.6 is 0 Å². The van der Waals surface area contributed by atoms with Gasteiger partial charge in [-0.15, -0.1) is 0 Å². The molecule has 6 heteroatoms. The van der Waals surface area contributed by atoms with Crippen molar-refractivity contribution < 1.29 is 4.79 Å². The molecule has 1 aliphatic carbocycles. The Balaban J connectivity index is 1.29. The number of amides is 1. The molecule has 4 rings (SSSR count). The van der Waals surface area contributed by atoms with Gasteiger partial charge in [-0.1, -0.05) is 6.42 Å². The molecule has 1 N–H and O–H groups in total. The molecule has 2 aliphatic heterocycles. The molecule has 2 fully saturated rings. The molecule has 1 unspecified atom stereocenters. The summed E-state index contributed by atoms with van der Waals surface area (Å²) in [7, 11) is 0. The number of nitrogens with zero attached hydrogens (tertiary/aromatic N) is 3. The number of aromatic nitrogens is 2. The van der Waals surface area contributed by atoms with E-state index in [1.807, 2.05) is 6.07 Å². The molecule has 1 aromatic rings. The van der Waals surface area contributed by atoms with Crippen molar-refractivity contribution in [1.82, 2.24) is 20.0 Å². The summed E-state index contributed by atoms with van der Waals surface area (Å²) < 4.78 is 1.72. The third-order valence-electron chi connectivity index (χ3n) is 6.46. The highest BCUT2D eigenvalue weighted by atomic mass is 16.1. The van der Waals surface area contributed by atoms with Crippen molar-refractivity contribution in [3.63, 3.8) is 0 Å². The van der Waals surface area contributed by atoms with E-state index in [9.17, 15) is 9.59 Å². The smallest absolute Gasteiger partial charge is 0.267 e. The van der Waals surface area contributed by atoms with Crippen LogP contribution in [0.3, 0.4) is 0 Å². The first-order valence-electron chi connectivity index (χ1n) is 10.8. The number of nitrogens with one attached hydrogen (secondary N) is 1. The summed E-state index contributed by atoms with van der Waals surface area (Å²) >= 11 is 0. The van der Waals surface area contributed by atoms with Gasteiger partial charge in [0, 0.05) is 31.6 Å². The van der Waals surface area contributed by atoms with Crippen LogP contribution in [0.1, 0.15) is 62.6 Å². The lowest BCUT2D eigenvalue weighted by Crippen LogP contribution is -2.46. The Bertz CT molecular complexity index is 721. The quantitative estimate of drug-likeness (QED) is 0.876. The van der Waals surface area contributed by atoms with Gasteiger partial charge in [0.25, 0.3) is 5.56 Å². The Morgan fingerprint density at radius 1 is 0.963 bits per heavy atom. The monoisotopic (exact) mass is 372 g/mol. The number of fused-ring (bicyclic) bond motifs is 1. The van der Waals surface area contributed by atoms with Crippen molar-refractivity contribution in [3.05, 3.63) is 27.7 Å². The minimum atomic E-state index is 0.0687. The molecule has 1 atom stereocenters. The minimum Gasteiger partial charge on any atom is -0.352 e. The molecule has 1 amide bonds. The van der Waals surface area contributed by atoms with Crippen LogP contribution < -0.4 is 10.9 Å². The summed E-state index contributed by atoms with van der Waals surface area (Å²) in [5.41, 5.74) is 2.38. The van der Waals surface area contributed by atoms with Crippen molar-refractivity contribution in [1.29, 1.82) is 0 Å². The molecular weight excluding hydrogens is 340 g/mol.